The van der Waals surface area contributed by atoms with E-state index in [0.717, 1.165) is 32.1 Å². The molecule has 142 valence electrons. The van der Waals surface area contributed by atoms with E-state index in [2.05, 4.69) is 64.1 Å². The predicted octanol–water partition coefficient (Wildman–Crippen LogP) is 3.52. The van der Waals surface area contributed by atoms with Crippen LogP contribution in [0.15, 0.2) is 16.4 Å². The van der Waals surface area contributed by atoms with Crippen molar-refractivity contribution < 1.29 is 0 Å². The number of hydrogen-bond acceptors (Lipinski definition) is 4. The van der Waals surface area contributed by atoms with Gasteiger partial charge in [-0.2, -0.15) is 11.8 Å². The third-order valence-corrected chi connectivity index (χ3v) is 7.27. The molecular weight excluding hydrogens is 463 g/mol. The van der Waals surface area contributed by atoms with Crippen LogP contribution in [0, 0.1) is 0 Å². The van der Waals surface area contributed by atoms with E-state index in [1.807, 2.05) is 18.4 Å². The summed E-state index contributed by atoms with van der Waals surface area (Å²) in [5, 5.41) is 5.85. The summed E-state index contributed by atoms with van der Waals surface area (Å²) >= 11 is 3.97. The van der Waals surface area contributed by atoms with Crippen LogP contribution >= 0.6 is 47.1 Å². The van der Waals surface area contributed by atoms with E-state index in [4.69, 9.17) is 0 Å². The monoisotopic (exact) mass is 494 g/mol. The second-order valence-electron chi connectivity index (χ2n) is 7.40. The summed E-state index contributed by atoms with van der Waals surface area (Å²) in [5.41, 5.74) is 1.53. The summed E-state index contributed by atoms with van der Waals surface area (Å²) in [6.07, 6.45) is 1.20. The largest absolute Gasteiger partial charge is 0.355 e. The van der Waals surface area contributed by atoms with E-state index in [9.17, 15) is 0 Å². The van der Waals surface area contributed by atoms with Crippen LogP contribution in [0.4, 0.5) is 0 Å². The molecule has 1 aromatic heterocycles. The Morgan fingerprint density at radius 3 is 2.92 bits per heavy atom. The first kappa shape index (κ1) is 21.3. The molecule has 0 amide bonds. The van der Waals surface area contributed by atoms with Crippen LogP contribution in [0.2, 0.25) is 0 Å². The maximum atomic E-state index is 4.53. The zero-order valence-corrected chi connectivity index (χ0v) is 19.7. The summed E-state index contributed by atoms with van der Waals surface area (Å²) in [6.45, 7) is 12.3. The Morgan fingerprint density at radius 1 is 1.40 bits per heavy atom. The number of fused-ring (bicyclic) bond motifs is 1. The van der Waals surface area contributed by atoms with Crippen LogP contribution in [-0.4, -0.2) is 65.5 Å². The summed E-state index contributed by atoms with van der Waals surface area (Å²) in [4.78, 5) is 11.1. The van der Waals surface area contributed by atoms with Crippen molar-refractivity contribution in [1.82, 2.24) is 15.1 Å². The Balaban J connectivity index is 0.00000225. The summed E-state index contributed by atoms with van der Waals surface area (Å²) in [7, 11) is 1.90. The van der Waals surface area contributed by atoms with Gasteiger partial charge in [-0.05, 0) is 44.2 Å². The fourth-order valence-corrected chi connectivity index (χ4v) is 5.55. The lowest BCUT2D eigenvalue weighted by molar-refractivity contribution is 0.191. The van der Waals surface area contributed by atoms with Crippen LogP contribution in [0.25, 0.3) is 0 Å². The zero-order valence-electron chi connectivity index (χ0n) is 15.7. The molecule has 0 bridgehead atoms. The second-order valence-corrected chi connectivity index (χ2v) is 10.2. The molecule has 0 saturated carbocycles. The highest BCUT2D eigenvalue weighted by molar-refractivity contribution is 14.0. The van der Waals surface area contributed by atoms with Gasteiger partial charge in [0.15, 0.2) is 5.96 Å². The Kier molecular flexibility index (Phi) is 7.91. The number of guanidine groups is 1. The van der Waals surface area contributed by atoms with Gasteiger partial charge in [0, 0.05) is 61.2 Å². The third-order valence-electron chi connectivity index (χ3n) is 4.95. The number of hydrogen-bond donors (Lipinski definition) is 1. The molecule has 3 rings (SSSR count). The molecule has 2 aliphatic rings. The number of rotatable bonds is 3. The maximum absolute atomic E-state index is 4.53. The minimum absolute atomic E-state index is 0. The number of thiophene rings is 1. The van der Waals surface area contributed by atoms with Gasteiger partial charge in [-0.25, -0.2) is 0 Å². The molecule has 0 radical (unpaired) electrons. The van der Waals surface area contributed by atoms with Gasteiger partial charge >= 0.3 is 0 Å². The van der Waals surface area contributed by atoms with E-state index in [-0.39, 0.29) is 24.0 Å². The van der Waals surface area contributed by atoms with Gasteiger partial charge in [-0.15, -0.1) is 35.3 Å². The Morgan fingerprint density at radius 2 is 2.20 bits per heavy atom. The van der Waals surface area contributed by atoms with Crippen molar-refractivity contribution >= 4 is 53.0 Å². The van der Waals surface area contributed by atoms with Gasteiger partial charge in [0.25, 0.3) is 0 Å². The fraction of sp³-hybridized carbons (Fsp3) is 0.722. The average Bonchev–Trinajstić information content (AvgIpc) is 3.02. The molecule has 0 spiro atoms. The van der Waals surface area contributed by atoms with E-state index in [0.29, 0.717) is 10.8 Å². The summed E-state index contributed by atoms with van der Waals surface area (Å²) < 4.78 is 0.309. The molecule has 25 heavy (non-hydrogen) atoms. The highest BCUT2D eigenvalue weighted by atomic mass is 127. The van der Waals surface area contributed by atoms with E-state index < -0.39 is 0 Å². The molecular formula is C18H31IN4S2. The number of nitrogens with one attached hydrogen (secondary N) is 1. The van der Waals surface area contributed by atoms with Crippen LogP contribution in [0.1, 0.15) is 31.2 Å². The van der Waals surface area contributed by atoms with Crippen molar-refractivity contribution in [1.29, 1.82) is 0 Å². The minimum atomic E-state index is 0. The highest BCUT2D eigenvalue weighted by Gasteiger charge is 2.29. The summed E-state index contributed by atoms with van der Waals surface area (Å²) in [6, 6.07) is 2.81. The number of halogens is 1. The SMILES string of the molecule is CN=C(NCC(C)N1CCc2sccc2C1)N1CCSC(C)(C)C1.I. The van der Waals surface area contributed by atoms with E-state index in [1.165, 1.54) is 24.3 Å². The maximum Gasteiger partial charge on any atom is 0.193 e. The molecule has 1 unspecified atom stereocenters. The number of thioether (sulfide) groups is 1. The van der Waals surface area contributed by atoms with Crippen molar-refractivity contribution in [2.24, 2.45) is 4.99 Å². The molecule has 1 fully saturated rings. The van der Waals surface area contributed by atoms with Crippen LogP contribution in [0.3, 0.4) is 0 Å². The topological polar surface area (TPSA) is 30.9 Å². The predicted molar refractivity (Wildman–Crippen MR) is 123 cm³/mol. The van der Waals surface area contributed by atoms with Crippen molar-refractivity contribution in [2.75, 3.05) is 39.0 Å². The number of aliphatic imine (C=N–C) groups is 1. The van der Waals surface area contributed by atoms with Crippen molar-refractivity contribution in [2.45, 2.75) is 44.5 Å². The smallest absolute Gasteiger partial charge is 0.193 e. The quantitative estimate of drug-likeness (QED) is 0.396. The van der Waals surface area contributed by atoms with Crippen LogP contribution < -0.4 is 5.32 Å². The van der Waals surface area contributed by atoms with Gasteiger partial charge in [0.05, 0.1) is 0 Å². The minimum Gasteiger partial charge on any atom is -0.355 e. The normalized spacial score (nSPS) is 22.1. The fourth-order valence-electron chi connectivity index (χ4n) is 3.54. The second kappa shape index (κ2) is 9.28. The molecule has 3 heterocycles. The Bertz CT molecular complexity index is 587. The molecule has 1 N–H and O–H groups in total. The molecule has 1 atom stereocenters. The van der Waals surface area contributed by atoms with E-state index in [1.54, 1.807) is 4.88 Å². The zero-order chi connectivity index (χ0) is 17.2. The van der Waals surface area contributed by atoms with Gasteiger partial charge in [0.2, 0.25) is 0 Å². The molecule has 7 heteroatoms. The van der Waals surface area contributed by atoms with Gasteiger partial charge in [0.1, 0.15) is 0 Å². The first-order valence-corrected chi connectivity index (χ1v) is 10.7. The molecule has 1 saturated heterocycles. The standard InChI is InChI=1S/C18H30N4S2.HI/c1-14(21-7-5-16-15(12-21)6-9-23-16)11-20-17(19-4)22-8-10-24-18(2,3)13-22;/h6,9,14H,5,7-8,10-13H2,1-4H3,(H,19,20);1H. The molecule has 0 aromatic carbocycles. The molecule has 2 aliphatic heterocycles. The van der Waals surface area contributed by atoms with Crippen LogP contribution in [-0.2, 0) is 13.0 Å². The molecule has 4 nitrogen and oxygen atoms in total. The third kappa shape index (κ3) is 5.49. The first-order valence-electron chi connectivity index (χ1n) is 8.87. The Hall–Kier alpha value is 0.01000. The van der Waals surface area contributed by atoms with Crippen molar-refractivity contribution in [3.63, 3.8) is 0 Å². The summed E-state index contributed by atoms with van der Waals surface area (Å²) in [5.74, 6) is 2.24. The molecule has 0 aliphatic carbocycles. The Labute approximate surface area is 177 Å². The van der Waals surface area contributed by atoms with Crippen molar-refractivity contribution in [3.8, 4) is 0 Å². The number of nitrogens with zero attached hydrogens (tertiary/aromatic N) is 3. The van der Waals surface area contributed by atoms with Crippen LogP contribution in [0.5, 0.6) is 0 Å². The lowest BCUT2D eigenvalue weighted by atomic mass is 10.1. The molecule has 1 aromatic rings. The lowest BCUT2D eigenvalue weighted by Crippen LogP contribution is -2.53. The highest BCUT2D eigenvalue weighted by Crippen LogP contribution is 2.29. The lowest BCUT2D eigenvalue weighted by Gasteiger charge is -2.40. The average molecular weight is 495 g/mol. The first-order chi connectivity index (χ1) is 11.5. The van der Waals surface area contributed by atoms with Gasteiger partial charge in [-0.3, -0.25) is 9.89 Å². The van der Waals surface area contributed by atoms with Crippen molar-refractivity contribution in [3.05, 3.63) is 21.9 Å². The van der Waals surface area contributed by atoms with E-state index >= 15 is 0 Å². The van der Waals surface area contributed by atoms with Gasteiger partial charge < -0.3 is 10.2 Å². The van der Waals surface area contributed by atoms with Gasteiger partial charge in [-0.1, -0.05) is 0 Å².